The molecule has 0 rings (SSSR count). The Morgan fingerprint density at radius 2 is 2.25 bits per heavy atom. The number of nitrogens with one attached hydrogen (secondary N) is 1. The maximum Gasteiger partial charge on any atom is 0.326 e. The third kappa shape index (κ3) is 7.00. The average Bonchev–Trinajstić information content (AvgIpc) is 2.24. The highest BCUT2D eigenvalue weighted by Gasteiger charge is 2.18. The van der Waals surface area contributed by atoms with Crippen LogP contribution in [0.15, 0.2) is 12.7 Å². The first-order chi connectivity index (χ1) is 7.61. The van der Waals surface area contributed by atoms with Crippen LogP contribution in [0.1, 0.15) is 26.2 Å². The number of carbonyl (C=O) groups is 2. The van der Waals surface area contributed by atoms with E-state index in [2.05, 4.69) is 11.9 Å². The van der Waals surface area contributed by atoms with Crippen molar-refractivity contribution >= 4 is 11.9 Å². The molecule has 0 saturated carbocycles. The number of hydrogen-bond donors (Lipinski definition) is 2. The van der Waals surface area contributed by atoms with Gasteiger partial charge in [0.05, 0.1) is 6.61 Å². The molecule has 0 bridgehead atoms. The number of carbonyl (C=O) groups excluding carboxylic acids is 1. The smallest absolute Gasteiger partial charge is 0.326 e. The molecule has 0 aliphatic heterocycles. The van der Waals surface area contributed by atoms with Crippen molar-refractivity contribution in [3.63, 3.8) is 0 Å². The SMILES string of the molecule is C=CCOCC(=O)N[C@@H](CCCC)C(=O)O. The van der Waals surface area contributed by atoms with E-state index < -0.39 is 17.9 Å². The van der Waals surface area contributed by atoms with E-state index in [1.807, 2.05) is 6.92 Å². The Kier molecular flexibility index (Phi) is 8.15. The summed E-state index contributed by atoms with van der Waals surface area (Å²) >= 11 is 0. The van der Waals surface area contributed by atoms with E-state index in [-0.39, 0.29) is 13.2 Å². The Balaban J connectivity index is 3.92. The molecule has 0 unspecified atom stereocenters. The molecule has 0 saturated heterocycles. The molecule has 1 atom stereocenters. The maximum atomic E-state index is 11.3. The number of unbranched alkanes of at least 4 members (excludes halogenated alkanes) is 1. The van der Waals surface area contributed by atoms with Gasteiger partial charge >= 0.3 is 5.97 Å². The molecule has 1 amide bonds. The van der Waals surface area contributed by atoms with E-state index in [4.69, 9.17) is 9.84 Å². The molecule has 0 spiro atoms. The Hall–Kier alpha value is -1.36. The van der Waals surface area contributed by atoms with Crippen LogP contribution >= 0.6 is 0 Å². The summed E-state index contributed by atoms with van der Waals surface area (Å²) in [5.41, 5.74) is 0. The highest BCUT2D eigenvalue weighted by molar-refractivity contribution is 5.84. The van der Waals surface area contributed by atoms with Gasteiger partial charge < -0.3 is 15.2 Å². The summed E-state index contributed by atoms with van der Waals surface area (Å²) in [4.78, 5) is 22.1. The lowest BCUT2D eigenvalue weighted by molar-refractivity contribution is -0.142. The van der Waals surface area contributed by atoms with E-state index in [9.17, 15) is 9.59 Å². The van der Waals surface area contributed by atoms with Crippen molar-refractivity contribution in [2.45, 2.75) is 32.2 Å². The molecule has 0 aliphatic rings. The van der Waals surface area contributed by atoms with Gasteiger partial charge in [-0.15, -0.1) is 6.58 Å². The summed E-state index contributed by atoms with van der Waals surface area (Å²) in [6.45, 7) is 5.54. The Bertz CT molecular complexity index is 240. The van der Waals surface area contributed by atoms with Crippen LogP contribution in [0.25, 0.3) is 0 Å². The second-order valence-electron chi connectivity index (χ2n) is 3.40. The fourth-order valence-corrected chi connectivity index (χ4v) is 1.14. The van der Waals surface area contributed by atoms with E-state index in [0.717, 1.165) is 12.8 Å². The van der Waals surface area contributed by atoms with E-state index in [1.54, 1.807) is 0 Å². The largest absolute Gasteiger partial charge is 0.480 e. The molecule has 0 aromatic heterocycles. The number of carboxylic acids is 1. The minimum absolute atomic E-state index is 0.137. The zero-order valence-electron chi connectivity index (χ0n) is 9.57. The van der Waals surface area contributed by atoms with Crippen LogP contribution in [0, 0.1) is 0 Å². The normalized spacial score (nSPS) is 11.8. The third-order valence-corrected chi connectivity index (χ3v) is 1.95. The number of hydrogen-bond acceptors (Lipinski definition) is 3. The average molecular weight is 229 g/mol. The predicted molar refractivity (Wildman–Crippen MR) is 60.1 cm³/mol. The fraction of sp³-hybridized carbons (Fsp3) is 0.636. The van der Waals surface area contributed by atoms with E-state index in [0.29, 0.717) is 6.42 Å². The molecule has 0 aliphatic carbocycles. The van der Waals surface area contributed by atoms with Gasteiger partial charge in [0.15, 0.2) is 0 Å². The van der Waals surface area contributed by atoms with Crippen LogP contribution in [0.3, 0.4) is 0 Å². The van der Waals surface area contributed by atoms with Gasteiger partial charge in [-0.05, 0) is 6.42 Å². The molecular weight excluding hydrogens is 210 g/mol. The molecule has 0 fully saturated rings. The van der Waals surface area contributed by atoms with Gasteiger partial charge in [-0.25, -0.2) is 4.79 Å². The summed E-state index contributed by atoms with van der Waals surface area (Å²) in [5, 5.41) is 11.3. The minimum atomic E-state index is -1.01. The molecule has 0 aromatic rings. The first-order valence-corrected chi connectivity index (χ1v) is 5.32. The highest BCUT2D eigenvalue weighted by Crippen LogP contribution is 2.00. The summed E-state index contributed by atoms with van der Waals surface area (Å²) in [6.07, 6.45) is 3.63. The van der Waals surface area contributed by atoms with Crippen LogP contribution in [0.2, 0.25) is 0 Å². The zero-order chi connectivity index (χ0) is 12.4. The molecular formula is C11H19NO4. The third-order valence-electron chi connectivity index (χ3n) is 1.95. The van der Waals surface area contributed by atoms with Gasteiger partial charge in [-0.1, -0.05) is 25.8 Å². The molecule has 92 valence electrons. The van der Waals surface area contributed by atoms with Crippen molar-refractivity contribution in [3.05, 3.63) is 12.7 Å². The molecule has 2 N–H and O–H groups in total. The first-order valence-electron chi connectivity index (χ1n) is 5.32. The second-order valence-corrected chi connectivity index (χ2v) is 3.40. The molecule has 0 radical (unpaired) electrons. The van der Waals surface area contributed by atoms with Crippen LogP contribution in [-0.2, 0) is 14.3 Å². The Morgan fingerprint density at radius 3 is 2.75 bits per heavy atom. The zero-order valence-corrected chi connectivity index (χ0v) is 9.57. The Labute approximate surface area is 95.5 Å². The van der Waals surface area contributed by atoms with Crippen molar-refractivity contribution in [2.24, 2.45) is 0 Å². The van der Waals surface area contributed by atoms with Crippen LogP contribution < -0.4 is 5.32 Å². The molecule has 16 heavy (non-hydrogen) atoms. The lowest BCUT2D eigenvalue weighted by Crippen LogP contribution is -2.42. The lowest BCUT2D eigenvalue weighted by atomic mass is 10.1. The summed E-state index contributed by atoms with van der Waals surface area (Å²) < 4.78 is 4.91. The summed E-state index contributed by atoms with van der Waals surface area (Å²) in [6, 6.07) is -0.820. The minimum Gasteiger partial charge on any atom is -0.480 e. The van der Waals surface area contributed by atoms with E-state index >= 15 is 0 Å². The van der Waals surface area contributed by atoms with E-state index in [1.165, 1.54) is 6.08 Å². The van der Waals surface area contributed by atoms with Crippen molar-refractivity contribution in [1.82, 2.24) is 5.32 Å². The van der Waals surface area contributed by atoms with Crippen LogP contribution in [-0.4, -0.2) is 36.2 Å². The number of amides is 1. The Morgan fingerprint density at radius 1 is 1.56 bits per heavy atom. The lowest BCUT2D eigenvalue weighted by Gasteiger charge is -2.13. The van der Waals surface area contributed by atoms with Crippen molar-refractivity contribution < 1.29 is 19.4 Å². The van der Waals surface area contributed by atoms with Crippen molar-refractivity contribution in [3.8, 4) is 0 Å². The van der Waals surface area contributed by atoms with Gasteiger partial charge in [-0.2, -0.15) is 0 Å². The number of aliphatic carboxylic acids is 1. The van der Waals surface area contributed by atoms with Gasteiger partial charge in [0, 0.05) is 0 Å². The summed E-state index contributed by atoms with van der Waals surface area (Å²) in [7, 11) is 0. The highest BCUT2D eigenvalue weighted by atomic mass is 16.5. The molecule has 5 nitrogen and oxygen atoms in total. The first kappa shape index (κ1) is 14.6. The maximum absolute atomic E-state index is 11.3. The predicted octanol–water partition coefficient (Wildman–Crippen LogP) is 0.949. The van der Waals surface area contributed by atoms with Gasteiger partial charge in [0.1, 0.15) is 12.6 Å². The quantitative estimate of drug-likeness (QED) is 0.456. The number of carboxylic acid groups (broad SMARTS) is 1. The van der Waals surface area contributed by atoms with Crippen molar-refractivity contribution in [2.75, 3.05) is 13.2 Å². The fourth-order valence-electron chi connectivity index (χ4n) is 1.14. The molecule has 0 aromatic carbocycles. The van der Waals surface area contributed by atoms with Crippen molar-refractivity contribution in [1.29, 1.82) is 0 Å². The van der Waals surface area contributed by atoms with Crippen LogP contribution in [0.5, 0.6) is 0 Å². The monoisotopic (exact) mass is 229 g/mol. The second kappa shape index (κ2) is 8.91. The standard InChI is InChI=1S/C11H19NO4/c1-3-5-6-9(11(14)15)12-10(13)8-16-7-4-2/h4,9H,2-3,5-8H2,1H3,(H,12,13)(H,14,15)/t9-/m0/s1. The van der Waals surface area contributed by atoms with Gasteiger partial charge in [-0.3, -0.25) is 4.79 Å². The molecule has 5 heteroatoms. The number of rotatable bonds is 9. The van der Waals surface area contributed by atoms with Gasteiger partial charge in [0.2, 0.25) is 5.91 Å². The van der Waals surface area contributed by atoms with Gasteiger partial charge in [0.25, 0.3) is 0 Å². The summed E-state index contributed by atoms with van der Waals surface area (Å²) in [5.74, 6) is -1.42. The number of ether oxygens (including phenoxy) is 1. The molecule has 0 heterocycles. The topological polar surface area (TPSA) is 75.6 Å². The van der Waals surface area contributed by atoms with Crippen LogP contribution in [0.4, 0.5) is 0 Å².